The number of halogens is 3. The number of alkyl halides is 3. The van der Waals surface area contributed by atoms with E-state index in [9.17, 15) is 13.2 Å². The number of hydrogen-bond donors (Lipinski definition) is 0. The van der Waals surface area contributed by atoms with E-state index in [1.165, 1.54) is 4.90 Å². The van der Waals surface area contributed by atoms with Gasteiger partial charge in [-0.1, -0.05) is 39.0 Å². The van der Waals surface area contributed by atoms with Crippen LogP contribution in [0.4, 0.5) is 13.2 Å². The summed E-state index contributed by atoms with van der Waals surface area (Å²) in [6, 6.07) is 10.1. The number of nitrogens with zero attached hydrogens (tertiary/aromatic N) is 1. The van der Waals surface area contributed by atoms with Crippen molar-refractivity contribution in [3.05, 3.63) is 35.9 Å². The van der Waals surface area contributed by atoms with E-state index in [1.54, 1.807) is 0 Å². The molecule has 1 aromatic carbocycles. The molecule has 0 spiro atoms. The standard InChI is InChI=1S/C15H26NO2Si.CHF3O3S/c1-7-17-16(13-14-11-9-8-10-12-14)18-19(5,6)15(2,3)4;2-1(3,4)8(5,6)7/h8-13H,7H2,1-6H3;(H,5,6,7)/q+1;/p-1/b16-13-;. The van der Waals surface area contributed by atoms with Crippen molar-refractivity contribution in [2.75, 3.05) is 6.61 Å². The molecule has 0 aliphatic heterocycles. The Bertz CT molecular complexity index is 714. The van der Waals surface area contributed by atoms with E-state index in [4.69, 9.17) is 22.3 Å². The molecule has 0 fully saturated rings. The summed E-state index contributed by atoms with van der Waals surface area (Å²) in [4.78, 5) is 7.10. The second-order valence-electron chi connectivity index (χ2n) is 6.99. The highest BCUT2D eigenvalue weighted by Crippen LogP contribution is 2.36. The van der Waals surface area contributed by atoms with Gasteiger partial charge >= 0.3 is 13.8 Å². The summed E-state index contributed by atoms with van der Waals surface area (Å²) in [6.07, 6.45) is 1.89. The normalized spacial score (nSPS) is 13.5. The fourth-order valence-corrected chi connectivity index (χ4v) is 2.07. The van der Waals surface area contributed by atoms with Gasteiger partial charge in [0, 0.05) is 5.56 Å². The van der Waals surface area contributed by atoms with Crippen LogP contribution in [0.3, 0.4) is 0 Å². The molecule has 0 saturated carbocycles. The van der Waals surface area contributed by atoms with Crippen LogP contribution >= 0.6 is 0 Å². The van der Waals surface area contributed by atoms with Gasteiger partial charge in [-0.05, 0) is 37.2 Å². The van der Waals surface area contributed by atoms with Gasteiger partial charge in [-0.3, -0.25) is 0 Å². The summed E-state index contributed by atoms with van der Waals surface area (Å²) in [5.74, 6) is 0. The number of hydrogen-bond acceptors (Lipinski definition) is 5. The molecule has 0 saturated heterocycles. The third kappa shape index (κ3) is 9.25. The smallest absolute Gasteiger partial charge is 0.485 e. The molecule has 0 radical (unpaired) electrons. The number of rotatable bonds is 5. The fraction of sp³-hybridized carbons (Fsp3) is 0.562. The quantitative estimate of drug-likeness (QED) is 0.232. The van der Waals surface area contributed by atoms with Crippen molar-refractivity contribution < 1.29 is 40.4 Å². The van der Waals surface area contributed by atoms with E-state index < -0.39 is 23.9 Å². The van der Waals surface area contributed by atoms with Crippen LogP contribution in [-0.2, 0) is 19.5 Å². The van der Waals surface area contributed by atoms with Gasteiger partial charge in [0.25, 0.3) is 6.21 Å². The summed E-state index contributed by atoms with van der Waals surface area (Å²) < 4.78 is 65.0. The van der Waals surface area contributed by atoms with Crippen molar-refractivity contribution in [1.29, 1.82) is 0 Å². The number of benzene rings is 1. The summed E-state index contributed by atoms with van der Waals surface area (Å²) in [7, 11) is -7.98. The Morgan fingerprint density at radius 2 is 1.59 bits per heavy atom. The Balaban J connectivity index is 0.000000713. The second-order valence-corrected chi connectivity index (χ2v) is 13.1. The van der Waals surface area contributed by atoms with Gasteiger partial charge in [-0.2, -0.15) is 13.2 Å². The minimum Gasteiger partial charge on any atom is -0.741 e. The predicted octanol–water partition coefficient (Wildman–Crippen LogP) is 4.06. The van der Waals surface area contributed by atoms with Crippen LogP contribution in [-0.4, -0.2) is 44.5 Å². The van der Waals surface area contributed by atoms with E-state index in [1.807, 2.05) is 43.5 Å². The predicted molar refractivity (Wildman–Crippen MR) is 97.5 cm³/mol. The first-order valence-electron chi connectivity index (χ1n) is 8.04. The molecule has 0 unspecified atom stereocenters. The molecule has 1 aromatic rings. The topological polar surface area (TPSA) is 78.7 Å². The van der Waals surface area contributed by atoms with Crippen molar-refractivity contribution in [2.24, 2.45) is 0 Å². The molecule has 0 heterocycles. The average Bonchev–Trinajstić information content (AvgIpc) is 2.45. The Labute approximate surface area is 159 Å². The molecular formula is C16H26F3NO5SSi. The lowest BCUT2D eigenvalue weighted by molar-refractivity contribution is -0.942. The lowest BCUT2D eigenvalue weighted by atomic mass is 10.2. The Kier molecular flexibility index (Phi) is 8.99. The lowest BCUT2D eigenvalue weighted by Gasteiger charge is -2.30. The second kappa shape index (κ2) is 9.56. The molecule has 1 rings (SSSR count). The summed E-state index contributed by atoms with van der Waals surface area (Å²) in [6.45, 7) is 13.6. The third-order valence-electron chi connectivity index (χ3n) is 3.72. The van der Waals surface area contributed by atoms with Gasteiger partial charge in [0.05, 0.1) is 0 Å². The molecule has 0 atom stereocenters. The van der Waals surface area contributed by atoms with Crippen molar-refractivity contribution in [2.45, 2.75) is 51.3 Å². The summed E-state index contributed by atoms with van der Waals surface area (Å²) in [5, 5.41) is 0.146. The molecule has 11 heteroatoms. The van der Waals surface area contributed by atoms with Gasteiger partial charge in [0.15, 0.2) is 21.6 Å². The molecule has 0 bridgehead atoms. The lowest BCUT2D eigenvalue weighted by Crippen LogP contribution is -2.44. The maximum Gasteiger partial charge on any atom is 0.485 e. The molecular weight excluding hydrogens is 403 g/mol. The molecule has 0 aromatic heterocycles. The molecule has 0 aliphatic rings. The zero-order chi connectivity index (χ0) is 21.5. The first-order valence-corrected chi connectivity index (χ1v) is 12.4. The maximum atomic E-state index is 10.7. The maximum absolute atomic E-state index is 10.7. The van der Waals surface area contributed by atoms with Crippen LogP contribution in [0.1, 0.15) is 33.3 Å². The Hall–Kier alpha value is -1.59. The molecule has 0 amide bonds. The van der Waals surface area contributed by atoms with Crippen LogP contribution in [0.25, 0.3) is 0 Å². The van der Waals surface area contributed by atoms with Gasteiger partial charge in [-0.25, -0.2) is 13.3 Å². The largest absolute Gasteiger partial charge is 0.741 e. The van der Waals surface area contributed by atoms with Crippen LogP contribution in [0.15, 0.2) is 30.3 Å². The summed E-state index contributed by atoms with van der Waals surface area (Å²) >= 11 is 0. The SMILES string of the molecule is CCO/[N+](=C/c1ccccc1)O[Si](C)(C)C(C)(C)C.O=S(=O)([O-])C(F)(F)F. The minimum atomic E-state index is -6.09. The van der Waals surface area contributed by atoms with Crippen molar-refractivity contribution in [3.63, 3.8) is 0 Å². The molecule has 0 N–H and O–H groups in total. The molecule has 0 aliphatic carbocycles. The highest BCUT2D eigenvalue weighted by atomic mass is 32.2. The van der Waals surface area contributed by atoms with Crippen molar-refractivity contribution >= 4 is 24.7 Å². The van der Waals surface area contributed by atoms with Crippen LogP contribution in [0, 0.1) is 0 Å². The van der Waals surface area contributed by atoms with E-state index in [0.29, 0.717) is 6.61 Å². The summed E-state index contributed by atoms with van der Waals surface area (Å²) in [5.41, 5.74) is -4.58. The zero-order valence-corrected chi connectivity index (χ0v) is 18.0. The van der Waals surface area contributed by atoms with E-state index >= 15 is 0 Å². The minimum absolute atomic E-state index is 0.146. The average molecular weight is 430 g/mol. The first kappa shape index (κ1) is 25.4. The van der Waals surface area contributed by atoms with Gasteiger partial charge in [-0.15, -0.1) is 0 Å². The Morgan fingerprint density at radius 3 is 1.93 bits per heavy atom. The van der Waals surface area contributed by atoms with E-state index in [0.717, 1.165) is 5.56 Å². The van der Waals surface area contributed by atoms with Crippen LogP contribution in [0.5, 0.6) is 0 Å². The highest BCUT2D eigenvalue weighted by molar-refractivity contribution is 7.86. The Morgan fingerprint density at radius 1 is 1.15 bits per heavy atom. The fourth-order valence-electron chi connectivity index (χ4n) is 1.24. The highest BCUT2D eigenvalue weighted by Gasteiger charge is 2.45. The third-order valence-corrected chi connectivity index (χ3v) is 8.53. The van der Waals surface area contributed by atoms with Crippen LogP contribution < -0.4 is 0 Å². The zero-order valence-electron chi connectivity index (χ0n) is 16.2. The van der Waals surface area contributed by atoms with Crippen molar-refractivity contribution in [3.8, 4) is 0 Å². The van der Waals surface area contributed by atoms with Gasteiger partial charge in [0.2, 0.25) is 0 Å². The van der Waals surface area contributed by atoms with Crippen LogP contribution in [0.2, 0.25) is 18.1 Å². The molecule has 156 valence electrons. The van der Waals surface area contributed by atoms with Gasteiger partial charge in [0.1, 0.15) is 0 Å². The monoisotopic (exact) mass is 429 g/mol. The van der Waals surface area contributed by atoms with Crippen molar-refractivity contribution in [1.82, 2.24) is 0 Å². The molecule has 27 heavy (non-hydrogen) atoms. The van der Waals surface area contributed by atoms with Gasteiger partial charge < -0.3 is 9.08 Å². The van der Waals surface area contributed by atoms with E-state index in [2.05, 4.69) is 33.9 Å². The first-order chi connectivity index (χ1) is 12.0. The van der Waals surface area contributed by atoms with E-state index in [-0.39, 0.29) is 5.04 Å². The molecule has 6 nitrogen and oxygen atoms in total.